The van der Waals surface area contributed by atoms with E-state index in [-0.39, 0.29) is 11.5 Å². The molecule has 0 bridgehead atoms. The zero-order valence-corrected chi connectivity index (χ0v) is 18.0. The Morgan fingerprint density at radius 2 is 1.93 bits per heavy atom. The first-order valence-electron chi connectivity index (χ1n) is 11.4. The quantitative estimate of drug-likeness (QED) is 0.642. The molecule has 1 saturated heterocycles. The summed E-state index contributed by atoms with van der Waals surface area (Å²) in [7, 11) is 0. The second kappa shape index (κ2) is 7.51. The summed E-state index contributed by atoms with van der Waals surface area (Å²) in [4.78, 5) is 2.76. The summed E-state index contributed by atoms with van der Waals surface area (Å²) in [5.41, 5.74) is 4.00. The molecule has 5 atom stereocenters. The van der Waals surface area contributed by atoms with Crippen LogP contribution < -0.4 is 5.32 Å². The lowest BCUT2D eigenvalue weighted by atomic mass is 9.57. The molecule has 0 aromatic heterocycles. The van der Waals surface area contributed by atoms with Crippen molar-refractivity contribution in [3.8, 4) is 6.07 Å². The van der Waals surface area contributed by atoms with E-state index >= 15 is 0 Å². The van der Waals surface area contributed by atoms with Crippen molar-refractivity contribution in [3.63, 3.8) is 0 Å². The Bertz CT molecular complexity index is 959. The molecule has 3 heteroatoms. The van der Waals surface area contributed by atoms with Gasteiger partial charge in [0.2, 0.25) is 0 Å². The van der Waals surface area contributed by atoms with Crippen LogP contribution in [0.15, 0.2) is 83.8 Å². The molecule has 0 spiro atoms. The summed E-state index contributed by atoms with van der Waals surface area (Å²) in [5.74, 6) is 1.02. The summed E-state index contributed by atoms with van der Waals surface area (Å²) < 4.78 is 0. The highest BCUT2D eigenvalue weighted by Gasteiger charge is 2.52. The molecule has 154 valence electrons. The first-order chi connectivity index (χ1) is 14.6. The molecular formula is C27H31N3. The topological polar surface area (TPSA) is 39.1 Å². The van der Waals surface area contributed by atoms with E-state index in [2.05, 4.69) is 84.8 Å². The molecule has 0 amide bonds. The maximum absolute atomic E-state index is 9.76. The van der Waals surface area contributed by atoms with Crippen molar-refractivity contribution >= 4 is 0 Å². The highest BCUT2D eigenvalue weighted by Crippen LogP contribution is 2.53. The predicted molar refractivity (Wildman–Crippen MR) is 122 cm³/mol. The van der Waals surface area contributed by atoms with Crippen LogP contribution in [0.2, 0.25) is 0 Å². The molecule has 2 aliphatic heterocycles. The van der Waals surface area contributed by atoms with Crippen LogP contribution >= 0.6 is 0 Å². The summed E-state index contributed by atoms with van der Waals surface area (Å²) >= 11 is 0. The minimum Gasteiger partial charge on any atom is -0.372 e. The summed E-state index contributed by atoms with van der Waals surface area (Å²) in [5, 5.41) is 13.0. The fourth-order valence-electron chi connectivity index (χ4n) is 6.27. The number of nitrogens with zero attached hydrogens (tertiary/aromatic N) is 2. The lowest BCUT2D eigenvalue weighted by Crippen LogP contribution is -2.61. The Balaban J connectivity index is 1.66. The number of rotatable bonds is 2. The van der Waals surface area contributed by atoms with Gasteiger partial charge in [-0.25, -0.2) is 0 Å². The van der Waals surface area contributed by atoms with Gasteiger partial charge in [0.25, 0.3) is 0 Å². The predicted octanol–water partition coefficient (Wildman–Crippen LogP) is 5.31. The molecule has 1 N–H and O–H groups in total. The zero-order valence-electron chi connectivity index (χ0n) is 18.0. The van der Waals surface area contributed by atoms with E-state index in [1.807, 2.05) is 12.3 Å². The smallest absolute Gasteiger partial charge is 0.140 e. The van der Waals surface area contributed by atoms with Gasteiger partial charge in [-0.1, -0.05) is 68.5 Å². The third-order valence-corrected chi connectivity index (χ3v) is 7.73. The van der Waals surface area contributed by atoms with Crippen LogP contribution in [0, 0.1) is 28.6 Å². The van der Waals surface area contributed by atoms with Crippen molar-refractivity contribution in [1.82, 2.24) is 10.2 Å². The molecule has 5 rings (SSSR count). The molecule has 1 fully saturated rings. The number of hydrogen-bond acceptors (Lipinski definition) is 3. The van der Waals surface area contributed by atoms with Crippen LogP contribution in [0.1, 0.15) is 39.5 Å². The Hall–Kier alpha value is -2.73. The van der Waals surface area contributed by atoms with Gasteiger partial charge in [0.05, 0.1) is 12.1 Å². The zero-order chi connectivity index (χ0) is 20.7. The average molecular weight is 398 g/mol. The van der Waals surface area contributed by atoms with Gasteiger partial charge in [0.1, 0.15) is 6.04 Å². The maximum atomic E-state index is 9.76. The summed E-state index contributed by atoms with van der Waals surface area (Å²) in [6, 6.07) is 3.04. The van der Waals surface area contributed by atoms with Crippen LogP contribution in [-0.2, 0) is 0 Å². The maximum Gasteiger partial charge on any atom is 0.140 e. The number of nitrogens with one attached hydrogen (secondary N) is 1. The molecule has 30 heavy (non-hydrogen) atoms. The van der Waals surface area contributed by atoms with E-state index < -0.39 is 0 Å². The van der Waals surface area contributed by atoms with Crippen LogP contribution in [0.3, 0.4) is 0 Å². The van der Waals surface area contributed by atoms with Gasteiger partial charge in [-0.2, -0.15) is 5.26 Å². The number of allylic oxidation sites excluding steroid dienone is 8. The fourth-order valence-corrected chi connectivity index (χ4v) is 6.27. The Morgan fingerprint density at radius 3 is 2.80 bits per heavy atom. The van der Waals surface area contributed by atoms with Crippen LogP contribution in [0.4, 0.5) is 0 Å². The molecular weight excluding hydrogens is 366 g/mol. The first-order valence-corrected chi connectivity index (χ1v) is 11.4. The van der Waals surface area contributed by atoms with E-state index in [4.69, 9.17) is 0 Å². The number of fused-ring (bicyclic) bond motifs is 2. The molecule has 5 aliphatic rings. The molecule has 5 unspecified atom stereocenters. The van der Waals surface area contributed by atoms with Gasteiger partial charge in [-0.3, -0.25) is 0 Å². The molecule has 3 nitrogen and oxygen atoms in total. The molecule has 3 aliphatic carbocycles. The van der Waals surface area contributed by atoms with Crippen molar-refractivity contribution in [1.29, 1.82) is 5.26 Å². The van der Waals surface area contributed by atoms with E-state index in [9.17, 15) is 5.26 Å². The monoisotopic (exact) mass is 397 g/mol. The van der Waals surface area contributed by atoms with Crippen molar-refractivity contribution in [3.05, 3.63) is 83.8 Å². The lowest BCUT2D eigenvalue weighted by molar-refractivity contribution is -0.0262. The second-order valence-corrected chi connectivity index (χ2v) is 9.62. The van der Waals surface area contributed by atoms with E-state index in [0.717, 1.165) is 24.8 Å². The van der Waals surface area contributed by atoms with Gasteiger partial charge in [0.15, 0.2) is 0 Å². The SMILES string of the molecule is CC1(C)C2C=CC=CC2N(C2=C(C3=CC=CNC3C#N)C=CCC2)C2CCC=CC21. The number of nitriles is 1. The fraction of sp³-hybridized carbons (Fsp3) is 0.444. The van der Waals surface area contributed by atoms with Crippen molar-refractivity contribution < 1.29 is 0 Å². The van der Waals surface area contributed by atoms with Crippen LogP contribution in [-0.4, -0.2) is 23.0 Å². The number of likely N-dealkylation sites (tertiary alicyclic amines) is 1. The average Bonchev–Trinajstić information content (AvgIpc) is 2.80. The number of dihydropyridines is 1. The van der Waals surface area contributed by atoms with Gasteiger partial charge >= 0.3 is 0 Å². The van der Waals surface area contributed by atoms with Gasteiger partial charge in [-0.05, 0) is 54.5 Å². The Kier molecular flexibility index (Phi) is 4.82. The highest BCUT2D eigenvalue weighted by molar-refractivity contribution is 5.53. The number of piperidine rings is 1. The van der Waals surface area contributed by atoms with E-state index in [1.54, 1.807) is 0 Å². The largest absolute Gasteiger partial charge is 0.372 e. The van der Waals surface area contributed by atoms with E-state index in [0.29, 0.717) is 23.9 Å². The Labute approximate surface area is 180 Å². The second-order valence-electron chi connectivity index (χ2n) is 9.62. The molecule has 0 radical (unpaired) electrons. The molecule has 0 aromatic rings. The minimum atomic E-state index is -0.288. The van der Waals surface area contributed by atoms with Crippen molar-refractivity contribution in [2.24, 2.45) is 17.3 Å². The summed E-state index contributed by atoms with van der Waals surface area (Å²) in [6.07, 6.45) is 29.2. The third kappa shape index (κ3) is 2.93. The Morgan fingerprint density at radius 1 is 1.07 bits per heavy atom. The molecule has 0 saturated carbocycles. The van der Waals surface area contributed by atoms with Gasteiger partial charge < -0.3 is 10.2 Å². The van der Waals surface area contributed by atoms with Crippen LogP contribution in [0.5, 0.6) is 0 Å². The van der Waals surface area contributed by atoms with Gasteiger partial charge in [0, 0.05) is 23.6 Å². The molecule has 0 aromatic carbocycles. The van der Waals surface area contributed by atoms with Crippen molar-refractivity contribution in [2.75, 3.05) is 0 Å². The third-order valence-electron chi connectivity index (χ3n) is 7.73. The normalized spacial score (nSPS) is 36.0. The lowest BCUT2D eigenvalue weighted by Gasteiger charge is -2.60. The first kappa shape index (κ1) is 19.2. The van der Waals surface area contributed by atoms with E-state index in [1.165, 1.54) is 17.7 Å². The minimum absolute atomic E-state index is 0.221. The highest BCUT2D eigenvalue weighted by atomic mass is 15.2. The number of hydrogen-bond donors (Lipinski definition) is 1. The van der Waals surface area contributed by atoms with Crippen LogP contribution in [0.25, 0.3) is 0 Å². The summed E-state index contributed by atoms with van der Waals surface area (Å²) in [6.45, 7) is 4.91. The van der Waals surface area contributed by atoms with Gasteiger partial charge in [-0.15, -0.1) is 0 Å². The van der Waals surface area contributed by atoms with Crippen molar-refractivity contribution in [2.45, 2.75) is 57.7 Å². The standard InChI is InChI=1S/C27H31N3/c1-27(2)21-12-4-7-15-25(21)30(26-16-8-5-13-22(26)27)24-14-6-3-10-20(24)19-11-9-17-29-23(19)18-28/h3-5,7,9-13,15,17,21-23,25-26,29H,6,8,14,16H2,1-2H3. The molecule has 2 heterocycles.